The number of hydrogen-bond acceptors (Lipinski definition) is 3. The number of hydrogen-bond donors (Lipinski definition) is 1. The average Bonchev–Trinajstić information content (AvgIpc) is 2.71. The molecule has 2 nitrogen and oxygen atoms in total. The Morgan fingerprint density at radius 2 is 2.47 bits per heavy atom. The Hall–Kier alpha value is -1.42. The van der Waals surface area contributed by atoms with Gasteiger partial charge in [-0.1, -0.05) is 6.07 Å². The van der Waals surface area contributed by atoms with E-state index in [1.54, 1.807) is 23.6 Å². The van der Waals surface area contributed by atoms with Gasteiger partial charge in [0.05, 0.1) is 0 Å². The normalized spacial score (nSPS) is 10.2. The first-order valence-electron chi connectivity index (χ1n) is 4.64. The summed E-state index contributed by atoms with van der Waals surface area (Å²) in [5.41, 5.74) is 0.874. The molecular formula is C11H10FN2S. The first-order chi connectivity index (χ1) is 7.34. The molecule has 15 heavy (non-hydrogen) atoms. The van der Waals surface area contributed by atoms with Crippen LogP contribution in [0.5, 0.6) is 0 Å². The molecule has 2 aromatic rings. The van der Waals surface area contributed by atoms with Gasteiger partial charge >= 0.3 is 0 Å². The van der Waals surface area contributed by atoms with Crippen LogP contribution in [0.2, 0.25) is 0 Å². The van der Waals surface area contributed by atoms with Gasteiger partial charge in [0.15, 0.2) is 5.13 Å². The van der Waals surface area contributed by atoms with Crippen LogP contribution in [-0.2, 0) is 6.42 Å². The van der Waals surface area contributed by atoms with Gasteiger partial charge in [0.25, 0.3) is 0 Å². The van der Waals surface area contributed by atoms with E-state index in [4.69, 9.17) is 0 Å². The van der Waals surface area contributed by atoms with Gasteiger partial charge in [-0.25, -0.2) is 9.37 Å². The number of benzene rings is 1. The molecule has 0 atom stereocenters. The van der Waals surface area contributed by atoms with E-state index < -0.39 is 0 Å². The Bertz CT molecular complexity index is 414. The van der Waals surface area contributed by atoms with Gasteiger partial charge in [0, 0.05) is 18.1 Å². The molecule has 77 valence electrons. The second-order valence-electron chi connectivity index (χ2n) is 3.05. The minimum absolute atomic E-state index is 0.210. The fourth-order valence-electron chi connectivity index (χ4n) is 1.24. The molecule has 0 spiro atoms. The fourth-order valence-corrected chi connectivity index (χ4v) is 1.80. The van der Waals surface area contributed by atoms with Crippen LogP contribution in [-0.4, -0.2) is 11.5 Å². The lowest BCUT2D eigenvalue weighted by Crippen LogP contribution is -2.04. The number of nitrogens with one attached hydrogen (secondary N) is 1. The zero-order valence-electron chi connectivity index (χ0n) is 8.03. The highest BCUT2D eigenvalue weighted by molar-refractivity contribution is 7.13. The van der Waals surface area contributed by atoms with Gasteiger partial charge in [-0.3, -0.25) is 0 Å². The molecule has 1 N–H and O–H groups in total. The van der Waals surface area contributed by atoms with Crippen LogP contribution in [0.25, 0.3) is 0 Å². The molecule has 0 fully saturated rings. The molecule has 2 rings (SSSR count). The monoisotopic (exact) mass is 221 g/mol. The zero-order chi connectivity index (χ0) is 10.5. The maximum absolute atomic E-state index is 12.8. The van der Waals surface area contributed by atoms with E-state index in [9.17, 15) is 4.39 Å². The Labute approximate surface area is 91.8 Å². The van der Waals surface area contributed by atoms with Crippen molar-refractivity contribution in [2.45, 2.75) is 6.42 Å². The van der Waals surface area contributed by atoms with Crippen LogP contribution in [0.15, 0.2) is 29.8 Å². The summed E-state index contributed by atoms with van der Waals surface area (Å²) in [6.45, 7) is 0.744. The molecule has 0 aliphatic heterocycles. The van der Waals surface area contributed by atoms with Crippen LogP contribution in [0.3, 0.4) is 0 Å². The van der Waals surface area contributed by atoms with Crippen LogP contribution >= 0.6 is 11.3 Å². The van der Waals surface area contributed by atoms with Gasteiger partial charge in [0.2, 0.25) is 0 Å². The standard InChI is InChI=1S/C11H10FN2S/c12-10-3-1-2-9(8-10)4-5-13-11-14-6-7-15-11/h1,3,6-8H,4-5H2,(H,13,14). The number of anilines is 1. The maximum Gasteiger partial charge on any atom is 0.182 e. The third kappa shape index (κ3) is 3.02. The first-order valence-corrected chi connectivity index (χ1v) is 5.52. The molecular weight excluding hydrogens is 211 g/mol. The highest BCUT2D eigenvalue weighted by atomic mass is 32.1. The molecule has 1 aromatic heterocycles. The maximum atomic E-state index is 12.8. The fraction of sp³-hybridized carbons (Fsp3) is 0.182. The lowest BCUT2D eigenvalue weighted by Gasteiger charge is -2.02. The predicted octanol–water partition coefficient (Wildman–Crippen LogP) is 2.74. The van der Waals surface area contributed by atoms with Crippen molar-refractivity contribution < 1.29 is 4.39 Å². The predicted molar refractivity (Wildman–Crippen MR) is 59.5 cm³/mol. The number of halogens is 1. The van der Waals surface area contributed by atoms with E-state index in [1.165, 1.54) is 12.1 Å². The van der Waals surface area contributed by atoms with Crippen molar-refractivity contribution in [2.75, 3.05) is 11.9 Å². The van der Waals surface area contributed by atoms with Crippen molar-refractivity contribution >= 4 is 16.5 Å². The third-order valence-electron chi connectivity index (χ3n) is 1.93. The van der Waals surface area contributed by atoms with Gasteiger partial charge in [-0.2, -0.15) is 0 Å². The molecule has 0 unspecified atom stereocenters. The number of rotatable bonds is 4. The third-order valence-corrected chi connectivity index (χ3v) is 2.66. The number of nitrogens with zero attached hydrogens (tertiary/aromatic N) is 1. The molecule has 0 aliphatic carbocycles. The first kappa shape index (κ1) is 10.1. The molecule has 0 amide bonds. The molecule has 4 heteroatoms. The summed E-state index contributed by atoms with van der Waals surface area (Å²) < 4.78 is 12.8. The smallest absolute Gasteiger partial charge is 0.182 e. The number of thiazole rings is 1. The second kappa shape index (κ2) is 4.89. The van der Waals surface area contributed by atoms with E-state index in [0.717, 1.165) is 23.7 Å². The van der Waals surface area contributed by atoms with Crippen molar-refractivity contribution in [3.8, 4) is 0 Å². The highest BCUT2D eigenvalue weighted by Gasteiger charge is 1.97. The molecule has 0 aliphatic rings. The summed E-state index contributed by atoms with van der Waals surface area (Å²) in [7, 11) is 0. The molecule has 0 saturated carbocycles. The molecule has 1 aromatic carbocycles. The molecule has 1 heterocycles. The van der Waals surface area contributed by atoms with Crippen molar-refractivity contribution in [3.63, 3.8) is 0 Å². The van der Waals surface area contributed by atoms with Crippen molar-refractivity contribution in [2.24, 2.45) is 0 Å². The summed E-state index contributed by atoms with van der Waals surface area (Å²) in [4.78, 5) is 4.09. The van der Waals surface area contributed by atoms with Crippen molar-refractivity contribution in [3.05, 3.63) is 47.2 Å². The summed E-state index contributed by atoms with van der Waals surface area (Å²) in [5, 5.41) is 5.97. The quantitative estimate of drug-likeness (QED) is 0.858. The van der Waals surface area contributed by atoms with E-state index in [2.05, 4.69) is 16.4 Å². The van der Waals surface area contributed by atoms with Crippen LogP contribution in [0.1, 0.15) is 5.56 Å². The van der Waals surface area contributed by atoms with E-state index >= 15 is 0 Å². The lowest BCUT2D eigenvalue weighted by atomic mass is 10.1. The van der Waals surface area contributed by atoms with Gasteiger partial charge in [-0.05, 0) is 30.2 Å². The molecule has 0 bridgehead atoms. The van der Waals surface area contributed by atoms with Gasteiger partial charge < -0.3 is 5.32 Å². The SMILES string of the molecule is Fc1cc[c]c(CCNc2nccs2)c1. The average molecular weight is 221 g/mol. The van der Waals surface area contributed by atoms with E-state index in [1.807, 2.05) is 5.38 Å². The lowest BCUT2D eigenvalue weighted by molar-refractivity contribution is 0.625. The largest absolute Gasteiger partial charge is 0.361 e. The second-order valence-corrected chi connectivity index (χ2v) is 3.94. The molecule has 0 saturated heterocycles. The van der Waals surface area contributed by atoms with Crippen LogP contribution in [0.4, 0.5) is 9.52 Å². The Balaban J connectivity index is 1.83. The zero-order valence-corrected chi connectivity index (χ0v) is 8.85. The van der Waals surface area contributed by atoms with Crippen molar-refractivity contribution in [1.82, 2.24) is 4.98 Å². The highest BCUT2D eigenvalue weighted by Crippen LogP contribution is 2.10. The topological polar surface area (TPSA) is 24.9 Å². The van der Waals surface area contributed by atoms with Gasteiger partial charge in [-0.15, -0.1) is 11.3 Å². The minimum atomic E-state index is -0.210. The summed E-state index contributed by atoms with van der Waals surface area (Å²) in [5.74, 6) is -0.210. The van der Waals surface area contributed by atoms with E-state index in [0.29, 0.717) is 0 Å². The minimum Gasteiger partial charge on any atom is -0.361 e. The van der Waals surface area contributed by atoms with Crippen LogP contribution < -0.4 is 5.32 Å². The summed E-state index contributed by atoms with van der Waals surface area (Å²) >= 11 is 1.55. The molecule has 1 radical (unpaired) electrons. The van der Waals surface area contributed by atoms with E-state index in [-0.39, 0.29) is 5.82 Å². The van der Waals surface area contributed by atoms with Crippen LogP contribution in [0, 0.1) is 11.9 Å². The number of aromatic nitrogens is 1. The Kier molecular flexibility index (Phi) is 3.29. The Morgan fingerprint density at radius 3 is 3.20 bits per heavy atom. The summed E-state index contributed by atoms with van der Waals surface area (Å²) in [6.07, 6.45) is 2.50. The summed E-state index contributed by atoms with van der Waals surface area (Å²) in [6, 6.07) is 7.50. The Morgan fingerprint density at radius 1 is 1.53 bits per heavy atom. The van der Waals surface area contributed by atoms with Crippen molar-refractivity contribution in [1.29, 1.82) is 0 Å². The van der Waals surface area contributed by atoms with Gasteiger partial charge in [0.1, 0.15) is 5.82 Å².